The number of fused-ring (bicyclic) bond motifs is 1. The molecule has 0 spiro atoms. The third-order valence-corrected chi connectivity index (χ3v) is 5.67. The lowest BCUT2D eigenvalue weighted by atomic mass is 10.3. The van der Waals surface area contributed by atoms with Crippen LogP contribution in [0.1, 0.15) is 19.3 Å². The first-order chi connectivity index (χ1) is 10.5. The predicted octanol–water partition coefficient (Wildman–Crippen LogP) is 1.44. The first kappa shape index (κ1) is 15.0. The quantitative estimate of drug-likeness (QED) is 0.802. The van der Waals surface area contributed by atoms with Crippen LogP contribution < -0.4 is 0 Å². The Hall–Kier alpha value is -1.93. The lowest BCUT2D eigenvalue weighted by Gasteiger charge is -2.21. The van der Waals surface area contributed by atoms with Gasteiger partial charge in [-0.2, -0.15) is 4.31 Å². The maximum atomic E-state index is 12.9. The standard InChI is InChI=1S/C14H17N3O4S/c18-13(19)5-7-17(9-10-3-4-10)22(20,21)12-8-16-14-11(12)2-1-6-15-14/h1-2,6,8,10H,3-5,7,9H2,(H,15,16)(H,18,19). The molecular weight excluding hydrogens is 306 g/mol. The maximum absolute atomic E-state index is 12.9. The molecule has 2 aromatic rings. The normalized spacial score (nSPS) is 15.5. The van der Waals surface area contributed by atoms with Gasteiger partial charge in [0.25, 0.3) is 0 Å². The molecule has 22 heavy (non-hydrogen) atoms. The molecule has 0 bridgehead atoms. The van der Waals surface area contributed by atoms with Crippen LogP contribution in [-0.4, -0.2) is 46.9 Å². The fraction of sp³-hybridized carbons (Fsp3) is 0.429. The number of nitrogens with zero attached hydrogens (tertiary/aromatic N) is 2. The van der Waals surface area contributed by atoms with E-state index in [1.807, 2.05) is 0 Å². The van der Waals surface area contributed by atoms with Crippen molar-refractivity contribution in [1.82, 2.24) is 14.3 Å². The van der Waals surface area contributed by atoms with Gasteiger partial charge in [-0.15, -0.1) is 0 Å². The summed E-state index contributed by atoms with van der Waals surface area (Å²) < 4.78 is 27.0. The van der Waals surface area contributed by atoms with Crippen molar-refractivity contribution in [3.63, 3.8) is 0 Å². The summed E-state index contributed by atoms with van der Waals surface area (Å²) in [4.78, 5) is 17.9. The average molecular weight is 323 g/mol. The molecule has 2 aromatic heterocycles. The van der Waals surface area contributed by atoms with Gasteiger partial charge in [0.2, 0.25) is 10.0 Å². The van der Waals surface area contributed by atoms with Crippen molar-refractivity contribution in [2.75, 3.05) is 13.1 Å². The van der Waals surface area contributed by atoms with E-state index in [0.29, 0.717) is 23.5 Å². The van der Waals surface area contributed by atoms with Gasteiger partial charge >= 0.3 is 5.97 Å². The lowest BCUT2D eigenvalue weighted by Crippen LogP contribution is -2.34. The van der Waals surface area contributed by atoms with Crippen molar-refractivity contribution >= 4 is 27.0 Å². The molecule has 2 N–H and O–H groups in total. The van der Waals surface area contributed by atoms with Crippen LogP contribution in [0.4, 0.5) is 0 Å². The molecule has 7 nitrogen and oxygen atoms in total. The van der Waals surface area contributed by atoms with E-state index in [4.69, 9.17) is 5.11 Å². The SMILES string of the molecule is O=C(O)CCN(CC1CC1)S(=O)(=O)c1c[nH]c2ncccc12. The number of hydrogen-bond acceptors (Lipinski definition) is 4. The Morgan fingerprint density at radius 1 is 1.45 bits per heavy atom. The highest BCUT2D eigenvalue weighted by atomic mass is 32.2. The minimum absolute atomic E-state index is 0.0128. The van der Waals surface area contributed by atoms with Gasteiger partial charge in [0.05, 0.1) is 6.42 Å². The van der Waals surface area contributed by atoms with E-state index in [9.17, 15) is 13.2 Å². The number of aliphatic carboxylic acids is 1. The summed E-state index contributed by atoms with van der Waals surface area (Å²) in [5, 5.41) is 9.37. The van der Waals surface area contributed by atoms with Crippen LogP contribution in [0.5, 0.6) is 0 Å². The fourth-order valence-corrected chi connectivity index (χ4v) is 4.07. The molecule has 0 atom stereocenters. The van der Waals surface area contributed by atoms with Gasteiger partial charge in [-0.1, -0.05) is 0 Å². The van der Waals surface area contributed by atoms with Gasteiger partial charge in [-0.25, -0.2) is 13.4 Å². The number of aromatic amines is 1. The summed E-state index contributed by atoms with van der Waals surface area (Å²) in [7, 11) is -3.74. The van der Waals surface area contributed by atoms with Crippen molar-refractivity contribution in [3.8, 4) is 0 Å². The highest BCUT2D eigenvalue weighted by molar-refractivity contribution is 7.89. The highest BCUT2D eigenvalue weighted by Crippen LogP contribution is 2.32. The second kappa shape index (κ2) is 5.69. The number of sulfonamides is 1. The second-order valence-electron chi connectivity index (χ2n) is 5.50. The second-order valence-corrected chi connectivity index (χ2v) is 7.41. The molecule has 0 unspecified atom stereocenters. The molecule has 2 heterocycles. The van der Waals surface area contributed by atoms with Crippen LogP contribution in [0.2, 0.25) is 0 Å². The van der Waals surface area contributed by atoms with E-state index < -0.39 is 16.0 Å². The summed E-state index contributed by atoms with van der Waals surface area (Å²) in [6.45, 7) is 0.365. The molecule has 1 saturated carbocycles. The number of nitrogens with one attached hydrogen (secondary N) is 1. The zero-order valence-corrected chi connectivity index (χ0v) is 12.7. The summed E-state index contributed by atoms with van der Waals surface area (Å²) >= 11 is 0. The molecule has 0 aromatic carbocycles. The number of carboxylic acid groups (broad SMARTS) is 1. The molecular formula is C14H17N3O4S. The van der Waals surface area contributed by atoms with Crippen LogP contribution in [0.25, 0.3) is 11.0 Å². The number of pyridine rings is 1. The fourth-order valence-electron chi connectivity index (χ4n) is 2.40. The van der Waals surface area contributed by atoms with Gasteiger partial charge in [0.1, 0.15) is 10.5 Å². The van der Waals surface area contributed by atoms with Gasteiger partial charge in [0, 0.05) is 30.9 Å². The van der Waals surface area contributed by atoms with Crippen molar-refractivity contribution in [1.29, 1.82) is 0 Å². The minimum atomic E-state index is -3.74. The predicted molar refractivity (Wildman–Crippen MR) is 79.8 cm³/mol. The Morgan fingerprint density at radius 3 is 2.91 bits per heavy atom. The van der Waals surface area contributed by atoms with E-state index in [-0.39, 0.29) is 17.9 Å². The van der Waals surface area contributed by atoms with Crippen molar-refractivity contribution in [2.45, 2.75) is 24.2 Å². The highest BCUT2D eigenvalue weighted by Gasteiger charge is 2.33. The van der Waals surface area contributed by atoms with Crippen LogP contribution in [0.15, 0.2) is 29.4 Å². The van der Waals surface area contributed by atoms with Gasteiger partial charge in [-0.05, 0) is 30.9 Å². The Bertz CT molecular complexity index is 795. The third kappa shape index (κ3) is 2.97. The Labute approximate surface area is 128 Å². The molecule has 1 aliphatic rings. The monoisotopic (exact) mass is 323 g/mol. The number of carbonyl (C=O) groups is 1. The molecule has 0 radical (unpaired) electrons. The number of hydrogen-bond donors (Lipinski definition) is 2. The maximum Gasteiger partial charge on any atom is 0.304 e. The van der Waals surface area contributed by atoms with E-state index >= 15 is 0 Å². The third-order valence-electron chi connectivity index (χ3n) is 3.76. The number of carboxylic acids is 1. The first-order valence-electron chi connectivity index (χ1n) is 7.12. The molecule has 1 aliphatic carbocycles. The largest absolute Gasteiger partial charge is 0.481 e. The van der Waals surface area contributed by atoms with Gasteiger partial charge in [-0.3, -0.25) is 4.79 Å². The lowest BCUT2D eigenvalue weighted by molar-refractivity contribution is -0.137. The van der Waals surface area contributed by atoms with E-state index in [1.165, 1.54) is 10.5 Å². The summed E-state index contributed by atoms with van der Waals surface area (Å²) in [5.41, 5.74) is 0.505. The minimum Gasteiger partial charge on any atom is -0.481 e. The van der Waals surface area contributed by atoms with Crippen LogP contribution in [-0.2, 0) is 14.8 Å². The van der Waals surface area contributed by atoms with Gasteiger partial charge < -0.3 is 10.1 Å². The molecule has 118 valence electrons. The van der Waals surface area contributed by atoms with Gasteiger partial charge in [0.15, 0.2) is 0 Å². The van der Waals surface area contributed by atoms with Crippen LogP contribution in [0, 0.1) is 5.92 Å². The van der Waals surface area contributed by atoms with Crippen molar-refractivity contribution in [3.05, 3.63) is 24.5 Å². The summed E-state index contributed by atoms with van der Waals surface area (Å²) in [6, 6.07) is 3.37. The van der Waals surface area contributed by atoms with E-state index in [2.05, 4.69) is 9.97 Å². The molecule has 1 fully saturated rings. The Kier molecular flexibility index (Phi) is 3.88. The van der Waals surface area contributed by atoms with Crippen molar-refractivity contribution < 1.29 is 18.3 Å². The van der Waals surface area contributed by atoms with Crippen LogP contribution in [0.3, 0.4) is 0 Å². The molecule has 0 amide bonds. The molecule has 0 saturated heterocycles. The number of rotatable bonds is 7. The first-order valence-corrected chi connectivity index (χ1v) is 8.56. The zero-order chi connectivity index (χ0) is 15.7. The zero-order valence-electron chi connectivity index (χ0n) is 11.9. The topological polar surface area (TPSA) is 103 Å². The average Bonchev–Trinajstić information content (AvgIpc) is 3.18. The Morgan fingerprint density at radius 2 is 2.23 bits per heavy atom. The van der Waals surface area contributed by atoms with Crippen LogP contribution >= 0.6 is 0 Å². The van der Waals surface area contributed by atoms with E-state index in [1.54, 1.807) is 18.3 Å². The summed E-state index contributed by atoms with van der Waals surface area (Å²) in [5.74, 6) is -0.663. The Balaban J connectivity index is 1.94. The number of aromatic nitrogens is 2. The molecule has 0 aliphatic heterocycles. The number of H-pyrrole nitrogens is 1. The van der Waals surface area contributed by atoms with E-state index in [0.717, 1.165) is 12.8 Å². The van der Waals surface area contributed by atoms with Crippen molar-refractivity contribution in [2.24, 2.45) is 5.92 Å². The molecule has 3 rings (SSSR count). The smallest absolute Gasteiger partial charge is 0.304 e. The summed E-state index contributed by atoms with van der Waals surface area (Å²) in [6.07, 6.45) is 4.80. The molecule has 8 heteroatoms.